The van der Waals surface area contributed by atoms with Crippen molar-refractivity contribution in [2.45, 2.75) is 0 Å². The molecular formula is C46H33N. The quantitative estimate of drug-likeness (QED) is 0.176. The van der Waals surface area contributed by atoms with E-state index in [4.69, 9.17) is 0 Å². The molecule has 8 aromatic carbocycles. The summed E-state index contributed by atoms with van der Waals surface area (Å²) in [5.41, 5.74) is 13.0. The van der Waals surface area contributed by atoms with E-state index in [1.165, 1.54) is 55.3 Å². The van der Waals surface area contributed by atoms with Crippen molar-refractivity contribution < 1.29 is 0 Å². The minimum absolute atomic E-state index is 1.10. The Labute approximate surface area is 276 Å². The van der Waals surface area contributed by atoms with E-state index in [0.717, 1.165) is 17.1 Å². The van der Waals surface area contributed by atoms with Crippen LogP contribution in [-0.2, 0) is 0 Å². The van der Waals surface area contributed by atoms with Crippen LogP contribution < -0.4 is 4.90 Å². The molecule has 0 fully saturated rings. The molecule has 0 N–H and O–H groups in total. The van der Waals surface area contributed by atoms with Gasteiger partial charge in [0.25, 0.3) is 0 Å². The molecule has 0 atom stereocenters. The smallest absolute Gasteiger partial charge is 0.0473 e. The number of para-hydroxylation sites is 1. The summed E-state index contributed by atoms with van der Waals surface area (Å²) >= 11 is 0. The molecule has 1 nitrogen and oxygen atoms in total. The molecule has 0 heterocycles. The third-order valence-corrected chi connectivity index (χ3v) is 8.81. The highest BCUT2D eigenvalue weighted by atomic mass is 15.1. The second-order valence-corrected chi connectivity index (χ2v) is 11.8. The number of benzene rings is 8. The standard InChI is InChI=1S/C46H33N/c1-5-15-34(16-6-1)39-30-40(35-17-7-2-8-18-35)32-44(31-39)47(42-22-11-4-12-23-42)43-27-25-36(26-28-43)41-29-38-21-13-14-24-45(38)46(33-41)37-19-9-3-10-20-37/h1-33H. The zero-order valence-corrected chi connectivity index (χ0v) is 26.0. The van der Waals surface area contributed by atoms with E-state index in [1.54, 1.807) is 0 Å². The zero-order chi connectivity index (χ0) is 31.4. The van der Waals surface area contributed by atoms with Crippen molar-refractivity contribution in [1.82, 2.24) is 0 Å². The summed E-state index contributed by atoms with van der Waals surface area (Å²) in [6.45, 7) is 0. The minimum Gasteiger partial charge on any atom is -0.310 e. The molecule has 8 rings (SSSR count). The Bertz CT molecular complexity index is 2200. The lowest BCUT2D eigenvalue weighted by Crippen LogP contribution is -2.10. The fourth-order valence-corrected chi connectivity index (χ4v) is 6.50. The van der Waals surface area contributed by atoms with Crippen LogP contribution in [0.1, 0.15) is 0 Å². The van der Waals surface area contributed by atoms with Gasteiger partial charge in [0, 0.05) is 17.1 Å². The Balaban J connectivity index is 1.26. The molecule has 0 spiro atoms. The second-order valence-electron chi connectivity index (χ2n) is 11.8. The highest BCUT2D eigenvalue weighted by Crippen LogP contribution is 2.41. The van der Waals surface area contributed by atoms with Crippen molar-refractivity contribution in [2.24, 2.45) is 0 Å². The summed E-state index contributed by atoms with van der Waals surface area (Å²) in [7, 11) is 0. The summed E-state index contributed by atoms with van der Waals surface area (Å²) in [5.74, 6) is 0. The summed E-state index contributed by atoms with van der Waals surface area (Å²) < 4.78 is 0. The van der Waals surface area contributed by atoms with E-state index in [9.17, 15) is 0 Å². The average molecular weight is 600 g/mol. The van der Waals surface area contributed by atoms with E-state index in [0.29, 0.717) is 0 Å². The highest BCUT2D eigenvalue weighted by Gasteiger charge is 2.16. The van der Waals surface area contributed by atoms with Crippen LogP contribution in [0.5, 0.6) is 0 Å². The van der Waals surface area contributed by atoms with Gasteiger partial charge in [0.15, 0.2) is 0 Å². The van der Waals surface area contributed by atoms with Crippen LogP contribution in [0.3, 0.4) is 0 Å². The fourth-order valence-electron chi connectivity index (χ4n) is 6.50. The molecule has 0 amide bonds. The summed E-state index contributed by atoms with van der Waals surface area (Å²) in [4.78, 5) is 2.36. The Morgan fingerprint density at radius 3 is 1.30 bits per heavy atom. The first-order valence-electron chi connectivity index (χ1n) is 16.1. The van der Waals surface area contributed by atoms with Crippen molar-refractivity contribution in [3.63, 3.8) is 0 Å². The lowest BCUT2D eigenvalue weighted by Gasteiger charge is -2.27. The van der Waals surface area contributed by atoms with Crippen LogP contribution in [0.25, 0.3) is 55.3 Å². The SMILES string of the molecule is c1ccc(-c2cc(-c3ccccc3)cc(N(c3ccccc3)c3ccc(-c4cc(-c5ccccc5)c5ccccc5c4)cc3)c2)cc1. The van der Waals surface area contributed by atoms with Gasteiger partial charge in [-0.1, -0.05) is 146 Å². The molecule has 1 heteroatoms. The number of hydrogen-bond donors (Lipinski definition) is 0. The van der Waals surface area contributed by atoms with Crippen LogP contribution in [0.4, 0.5) is 17.1 Å². The molecule has 0 aromatic heterocycles. The summed E-state index contributed by atoms with van der Waals surface area (Å²) in [5, 5.41) is 2.51. The maximum atomic E-state index is 2.36. The third kappa shape index (κ3) is 5.83. The van der Waals surface area contributed by atoms with Gasteiger partial charge in [0.2, 0.25) is 0 Å². The van der Waals surface area contributed by atoms with E-state index < -0.39 is 0 Å². The molecule has 0 unspecified atom stereocenters. The number of nitrogens with zero attached hydrogens (tertiary/aromatic N) is 1. The maximum absolute atomic E-state index is 2.36. The van der Waals surface area contributed by atoms with Crippen molar-refractivity contribution >= 4 is 27.8 Å². The Morgan fingerprint density at radius 2 is 0.702 bits per heavy atom. The van der Waals surface area contributed by atoms with Gasteiger partial charge in [-0.2, -0.15) is 0 Å². The van der Waals surface area contributed by atoms with E-state index in [-0.39, 0.29) is 0 Å². The van der Waals surface area contributed by atoms with Crippen molar-refractivity contribution in [2.75, 3.05) is 4.90 Å². The molecule has 0 saturated heterocycles. The molecule has 0 saturated carbocycles. The lowest BCUT2D eigenvalue weighted by atomic mass is 9.93. The molecule has 0 aliphatic carbocycles. The Morgan fingerprint density at radius 1 is 0.255 bits per heavy atom. The van der Waals surface area contributed by atoms with Crippen LogP contribution in [-0.4, -0.2) is 0 Å². The van der Waals surface area contributed by atoms with Gasteiger partial charge in [-0.05, 0) is 110 Å². The first-order valence-corrected chi connectivity index (χ1v) is 16.1. The average Bonchev–Trinajstić information content (AvgIpc) is 3.16. The number of anilines is 3. The van der Waals surface area contributed by atoms with Crippen LogP contribution >= 0.6 is 0 Å². The van der Waals surface area contributed by atoms with Gasteiger partial charge in [0.1, 0.15) is 0 Å². The molecule has 8 aromatic rings. The van der Waals surface area contributed by atoms with E-state index >= 15 is 0 Å². The van der Waals surface area contributed by atoms with Crippen LogP contribution in [0, 0.1) is 0 Å². The molecule has 0 aliphatic rings. The molecule has 0 radical (unpaired) electrons. The largest absolute Gasteiger partial charge is 0.310 e. The predicted molar refractivity (Wildman–Crippen MR) is 200 cm³/mol. The molecular weight excluding hydrogens is 567 g/mol. The normalized spacial score (nSPS) is 11.0. The second kappa shape index (κ2) is 12.7. The molecule has 222 valence electrons. The van der Waals surface area contributed by atoms with Gasteiger partial charge in [-0.3, -0.25) is 0 Å². The van der Waals surface area contributed by atoms with Gasteiger partial charge in [-0.15, -0.1) is 0 Å². The monoisotopic (exact) mass is 599 g/mol. The minimum atomic E-state index is 1.10. The van der Waals surface area contributed by atoms with E-state index in [1.807, 2.05) is 0 Å². The number of rotatable bonds is 7. The van der Waals surface area contributed by atoms with Crippen molar-refractivity contribution in [3.05, 3.63) is 200 Å². The summed E-state index contributed by atoms with van der Waals surface area (Å²) in [6.07, 6.45) is 0. The topological polar surface area (TPSA) is 3.24 Å². The first kappa shape index (κ1) is 28.3. The maximum Gasteiger partial charge on any atom is 0.0473 e. The number of fused-ring (bicyclic) bond motifs is 1. The lowest BCUT2D eigenvalue weighted by molar-refractivity contribution is 1.28. The number of hydrogen-bond acceptors (Lipinski definition) is 1. The zero-order valence-electron chi connectivity index (χ0n) is 26.0. The Kier molecular flexibility index (Phi) is 7.63. The predicted octanol–water partition coefficient (Wildman–Crippen LogP) is 13.0. The molecule has 0 aliphatic heterocycles. The van der Waals surface area contributed by atoms with Gasteiger partial charge >= 0.3 is 0 Å². The molecule has 0 bridgehead atoms. The third-order valence-electron chi connectivity index (χ3n) is 8.81. The van der Waals surface area contributed by atoms with Crippen LogP contribution in [0.2, 0.25) is 0 Å². The van der Waals surface area contributed by atoms with E-state index in [2.05, 4.69) is 205 Å². The first-order chi connectivity index (χ1) is 23.3. The van der Waals surface area contributed by atoms with Gasteiger partial charge < -0.3 is 4.90 Å². The summed E-state index contributed by atoms with van der Waals surface area (Å²) in [6, 6.07) is 71.8. The van der Waals surface area contributed by atoms with Crippen LogP contribution in [0.15, 0.2) is 200 Å². The van der Waals surface area contributed by atoms with Gasteiger partial charge in [0.05, 0.1) is 0 Å². The Hall–Kier alpha value is -6.18. The highest BCUT2D eigenvalue weighted by molar-refractivity contribution is 6.00. The van der Waals surface area contributed by atoms with Crippen molar-refractivity contribution in [1.29, 1.82) is 0 Å². The molecule has 47 heavy (non-hydrogen) atoms. The van der Waals surface area contributed by atoms with Gasteiger partial charge in [-0.25, -0.2) is 0 Å². The fraction of sp³-hybridized carbons (Fsp3) is 0. The van der Waals surface area contributed by atoms with Crippen molar-refractivity contribution in [3.8, 4) is 44.5 Å².